The van der Waals surface area contributed by atoms with E-state index in [1.807, 2.05) is 0 Å². The molecule has 0 amide bonds. The van der Waals surface area contributed by atoms with E-state index in [-0.39, 0.29) is 23.9 Å². The van der Waals surface area contributed by atoms with Gasteiger partial charge in [-0.2, -0.15) is 26.6 Å². The van der Waals surface area contributed by atoms with Crippen molar-refractivity contribution in [3.63, 3.8) is 0 Å². The van der Waals surface area contributed by atoms with Gasteiger partial charge in [-0.15, -0.1) is 0 Å². The molecule has 32 heavy (non-hydrogen) atoms. The predicted molar refractivity (Wildman–Crippen MR) is 111 cm³/mol. The summed E-state index contributed by atoms with van der Waals surface area (Å²) in [6.07, 6.45) is 6.68. The second kappa shape index (κ2) is 12.0. The van der Waals surface area contributed by atoms with Crippen LogP contribution in [-0.2, 0) is 10.1 Å². The van der Waals surface area contributed by atoms with Gasteiger partial charge in [-0.3, -0.25) is 0 Å². The molecule has 2 aromatic rings. The van der Waals surface area contributed by atoms with Gasteiger partial charge < -0.3 is 8.92 Å². The van der Waals surface area contributed by atoms with Crippen LogP contribution in [0.1, 0.15) is 51.9 Å². The summed E-state index contributed by atoms with van der Waals surface area (Å²) >= 11 is 0. The Labute approximate surface area is 185 Å². The Morgan fingerprint density at radius 3 is 2.44 bits per heavy atom. The van der Waals surface area contributed by atoms with Crippen molar-refractivity contribution in [1.82, 2.24) is 9.97 Å². The SMILES string of the molecule is CCCCCCCC[C@H](F)COc1ccnc(-c2ccccc2OS(=O)(=O)C(F)(F)F)n1. The maximum absolute atomic E-state index is 14.1. The highest BCUT2D eigenvalue weighted by atomic mass is 32.2. The summed E-state index contributed by atoms with van der Waals surface area (Å²) in [7, 11) is -5.87. The van der Waals surface area contributed by atoms with Crippen molar-refractivity contribution >= 4 is 10.1 Å². The molecule has 0 unspecified atom stereocenters. The average molecular weight is 479 g/mol. The fourth-order valence-corrected chi connectivity index (χ4v) is 3.32. The van der Waals surface area contributed by atoms with Gasteiger partial charge in [0, 0.05) is 12.3 Å². The molecule has 1 heterocycles. The van der Waals surface area contributed by atoms with Gasteiger partial charge >= 0.3 is 15.6 Å². The van der Waals surface area contributed by atoms with E-state index in [1.54, 1.807) is 0 Å². The molecule has 1 atom stereocenters. The van der Waals surface area contributed by atoms with Crippen molar-refractivity contribution in [2.45, 2.75) is 63.5 Å². The Balaban J connectivity index is 2.00. The molecule has 0 bridgehead atoms. The number of rotatable bonds is 13. The first-order chi connectivity index (χ1) is 15.1. The smallest absolute Gasteiger partial charge is 0.474 e. The van der Waals surface area contributed by atoms with Gasteiger partial charge in [-0.25, -0.2) is 9.37 Å². The van der Waals surface area contributed by atoms with E-state index < -0.39 is 27.5 Å². The van der Waals surface area contributed by atoms with Crippen molar-refractivity contribution in [2.24, 2.45) is 0 Å². The fourth-order valence-electron chi connectivity index (χ4n) is 2.85. The van der Waals surface area contributed by atoms with Gasteiger partial charge in [0.2, 0.25) is 5.88 Å². The molecule has 0 aliphatic rings. The molecule has 0 aliphatic carbocycles. The van der Waals surface area contributed by atoms with E-state index in [0.29, 0.717) is 6.42 Å². The Bertz CT molecular complexity index is 955. The van der Waals surface area contributed by atoms with Crippen LogP contribution < -0.4 is 8.92 Å². The summed E-state index contributed by atoms with van der Waals surface area (Å²) in [5, 5.41) is 0. The molecule has 178 valence electrons. The van der Waals surface area contributed by atoms with Crippen LogP contribution in [-0.4, -0.2) is 36.7 Å². The number of hydrogen-bond acceptors (Lipinski definition) is 6. The number of alkyl halides is 4. The van der Waals surface area contributed by atoms with Crippen molar-refractivity contribution in [2.75, 3.05) is 6.61 Å². The zero-order chi connectivity index (χ0) is 23.6. The van der Waals surface area contributed by atoms with Crippen LogP contribution in [0.2, 0.25) is 0 Å². The third-order valence-electron chi connectivity index (χ3n) is 4.52. The topological polar surface area (TPSA) is 78.4 Å². The molecule has 1 aromatic heterocycles. The third-order valence-corrected chi connectivity index (χ3v) is 5.49. The maximum atomic E-state index is 14.1. The van der Waals surface area contributed by atoms with Crippen molar-refractivity contribution < 1.29 is 34.9 Å². The quantitative estimate of drug-likeness (QED) is 0.156. The standard InChI is InChI=1S/C21H26F4N2O4S/c1-2-3-4-5-6-7-10-16(22)15-30-19-13-14-26-20(27-19)17-11-8-9-12-18(17)31-32(28,29)21(23,24)25/h8-9,11-14,16H,2-7,10,15H2,1H3/t16-/m0/s1. The highest BCUT2D eigenvalue weighted by Crippen LogP contribution is 2.33. The first kappa shape index (κ1) is 25.8. The molecule has 0 aliphatic heterocycles. The summed E-state index contributed by atoms with van der Waals surface area (Å²) in [4.78, 5) is 7.98. The van der Waals surface area contributed by atoms with Crippen LogP contribution in [0, 0.1) is 0 Å². The summed E-state index contributed by atoms with van der Waals surface area (Å²) in [6.45, 7) is 1.90. The number of nitrogens with zero attached hydrogens (tertiary/aromatic N) is 2. The van der Waals surface area contributed by atoms with Crippen LogP contribution in [0.15, 0.2) is 36.5 Å². The molecule has 11 heteroatoms. The molecular formula is C21H26F4N2O4S. The van der Waals surface area contributed by atoms with E-state index in [4.69, 9.17) is 4.74 Å². The van der Waals surface area contributed by atoms with Crippen LogP contribution in [0.25, 0.3) is 11.4 Å². The largest absolute Gasteiger partial charge is 0.534 e. The van der Waals surface area contributed by atoms with Crippen LogP contribution in [0.3, 0.4) is 0 Å². The molecule has 0 fully saturated rings. The first-order valence-electron chi connectivity index (χ1n) is 10.3. The number of ether oxygens (including phenoxy) is 1. The number of unbranched alkanes of at least 4 members (excludes halogenated alkanes) is 5. The van der Waals surface area contributed by atoms with Gasteiger partial charge in [0.1, 0.15) is 12.8 Å². The number of halogens is 4. The zero-order valence-electron chi connectivity index (χ0n) is 17.6. The van der Waals surface area contributed by atoms with Gasteiger partial charge in [0.25, 0.3) is 0 Å². The lowest BCUT2D eigenvalue weighted by molar-refractivity contribution is -0.0499. The second-order valence-corrected chi connectivity index (χ2v) is 8.70. The molecular weight excluding hydrogens is 452 g/mol. The summed E-state index contributed by atoms with van der Waals surface area (Å²) in [5.74, 6) is -0.704. The lowest BCUT2D eigenvalue weighted by Crippen LogP contribution is -2.28. The lowest BCUT2D eigenvalue weighted by Gasteiger charge is -2.13. The predicted octanol–water partition coefficient (Wildman–Crippen LogP) is 5.84. The number of para-hydroxylation sites is 1. The molecule has 0 radical (unpaired) electrons. The Hall–Kier alpha value is -2.43. The fraction of sp³-hybridized carbons (Fsp3) is 0.524. The van der Waals surface area contributed by atoms with Gasteiger partial charge in [-0.05, 0) is 18.6 Å². The first-order valence-corrected chi connectivity index (χ1v) is 11.7. The highest BCUT2D eigenvalue weighted by molar-refractivity contribution is 7.88. The minimum atomic E-state index is -5.87. The van der Waals surface area contributed by atoms with E-state index in [2.05, 4.69) is 21.1 Å². The van der Waals surface area contributed by atoms with Gasteiger partial charge in [-0.1, -0.05) is 57.6 Å². The normalized spacial score (nSPS) is 13.0. The van der Waals surface area contributed by atoms with Gasteiger partial charge in [0.05, 0.1) is 5.56 Å². The zero-order valence-corrected chi connectivity index (χ0v) is 18.5. The lowest BCUT2D eigenvalue weighted by atomic mass is 10.1. The average Bonchev–Trinajstić information content (AvgIpc) is 2.74. The molecule has 0 spiro atoms. The van der Waals surface area contributed by atoms with E-state index in [0.717, 1.165) is 38.2 Å². The minimum absolute atomic E-state index is 0.00840. The molecule has 0 N–H and O–H groups in total. The third kappa shape index (κ3) is 7.92. The summed E-state index contributed by atoms with van der Waals surface area (Å²) < 4.78 is 84.4. The number of hydrogen-bond donors (Lipinski definition) is 0. The Morgan fingerprint density at radius 2 is 1.72 bits per heavy atom. The number of aromatic nitrogens is 2. The molecule has 6 nitrogen and oxygen atoms in total. The van der Waals surface area contributed by atoms with Crippen LogP contribution in [0.4, 0.5) is 17.6 Å². The summed E-state index contributed by atoms with van der Waals surface area (Å²) in [6, 6.07) is 6.49. The van der Waals surface area contributed by atoms with E-state index in [9.17, 15) is 26.0 Å². The van der Waals surface area contributed by atoms with Crippen LogP contribution in [0.5, 0.6) is 11.6 Å². The minimum Gasteiger partial charge on any atom is -0.474 e. The highest BCUT2D eigenvalue weighted by Gasteiger charge is 2.48. The van der Waals surface area contributed by atoms with E-state index >= 15 is 0 Å². The Morgan fingerprint density at radius 1 is 1.03 bits per heavy atom. The van der Waals surface area contributed by atoms with Crippen molar-refractivity contribution in [3.8, 4) is 23.0 Å². The molecule has 0 saturated heterocycles. The van der Waals surface area contributed by atoms with Gasteiger partial charge in [0.15, 0.2) is 11.6 Å². The maximum Gasteiger partial charge on any atom is 0.534 e. The van der Waals surface area contributed by atoms with Crippen molar-refractivity contribution in [1.29, 1.82) is 0 Å². The Kier molecular flexibility index (Phi) is 9.67. The molecule has 1 aromatic carbocycles. The number of benzene rings is 1. The second-order valence-electron chi connectivity index (χ2n) is 7.16. The van der Waals surface area contributed by atoms with Crippen molar-refractivity contribution in [3.05, 3.63) is 36.5 Å². The monoisotopic (exact) mass is 478 g/mol. The van der Waals surface area contributed by atoms with E-state index in [1.165, 1.54) is 36.9 Å². The van der Waals surface area contributed by atoms with Crippen LogP contribution >= 0.6 is 0 Å². The molecule has 2 rings (SSSR count). The molecule has 0 saturated carbocycles. The summed E-state index contributed by atoms with van der Waals surface area (Å²) in [5.41, 5.74) is -5.67.